The van der Waals surface area contributed by atoms with Crippen LogP contribution in [-0.4, -0.2) is 28.7 Å². The molecule has 0 aliphatic rings. The van der Waals surface area contributed by atoms with Crippen LogP contribution < -0.4 is 11.5 Å². The van der Waals surface area contributed by atoms with Crippen molar-refractivity contribution in [3.05, 3.63) is 34.5 Å². The first-order valence-electron chi connectivity index (χ1n) is 6.77. The van der Waals surface area contributed by atoms with Crippen LogP contribution in [0.3, 0.4) is 0 Å². The number of carboxylic acid groups (broad SMARTS) is 1. The molecule has 0 saturated carbocycles. The first-order chi connectivity index (χ1) is 9.51. The number of hydrogen-bond donors (Lipinski definition) is 3. The van der Waals surface area contributed by atoms with Crippen molar-refractivity contribution in [2.45, 2.75) is 26.8 Å². The summed E-state index contributed by atoms with van der Waals surface area (Å²) in [6.45, 7) is 5.63. The van der Waals surface area contributed by atoms with Gasteiger partial charge in [0.25, 0.3) is 0 Å². The molecule has 5 N–H and O–H groups in total. The maximum atomic E-state index is 11.3. The standard InChI is InChI=1S/C15H21N3O2/c1-9-7-13-11(3-4-16)10(2)18(6-5-17)14(13)8-12(9)15(19)20/h7-8H,3-6,16-17H2,1-2H3,(H,19,20). The molecule has 108 valence electrons. The van der Waals surface area contributed by atoms with E-state index in [1.807, 2.05) is 19.9 Å². The Hall–Kier alpha value is -1.85. The minimum absolute atomic E-state index is 0.340. The second-order valence-corrected chi connectivity index (χ2v) is 5.03. The molecule has 0 spiro atoms. The van der Waals surface area contributed by atoms with Gasteiger partial charge in [-0.1, -0.05) is 0 Å². The molecule has 5 heteroatoms. The van der Waals surface area contributed by atoms with Gasteiger partial charge in [-0.25, -0.2) is 4.79 Å². The minimum Gasteiger partial charge on any atom is -0.478 e. The van der Waals surface area contributed by atoms with E-state index in [2.05, 4.69) is 4.57 Å². The average Bonchev–Trinajstić information content (AvgIpc) is 2.64. The van der Waals surface area contributed by atoms with Crippen LogP contribution in [0.5, 0.6) is 0 Å². The molecule has 1 aromatic carbocycles. The normalized spacial score (nSPS) is 11.2. The second-order valence-electron chi connectivity index (χ2n) is 5.03. The Balaban J connectivity index is 2.78. The highest BCUT2D eigenvalue weighted by atomic mass is 16.4. The van der Waals surface area contributed by atoms with Gasteiger partial charge in [-0.3, -0.25) is 0 Å². The monoisotopic (exact) mass is 275 g/mol. The van der Waals surface area contributed by atoms with Gasteiger partial charge in [0.05, 0.1) is 5.56 Å². The minimum atomic E-state index is -0.900. The molecule has 20 heavy (non-hydrogen) atoms. The topological polar surface area (TPSA) is 94.3 Å². The molecule has 0 bridgehead atoms. The summed E-state index contributed by atoms with van der Waals surface area (Å²) in [6.07, 6.45) is 0.783. The Bertz CT molecular complexity index is 659. The van der Waals surface area contributed by atoms with Crippen LogP contribution in [-0.2, 0) is 13.0 Å². The summed E-state index contributed by atoms with van der Waals surface area (Å²) < 4.78 is 2.09. The van der Waals surface area contributed by atoms with Crippen molar-refractivity contribution in [3.63, 3.8) is 0 Å². The lowest BCUT2D eigenvalue weighted by molar-refractivity contribution is 0.0696. The lowest BCUT2D eigenvalue weighted by atomic mass is 10.0. The van der Waals surface area contributed by atoms with E-state index >= 15 is 0 Å². The largest absolute Gasteiger partial charge is 0.478 e. The van der Waals surface area contributed by atoms with Crippen molar-refractivity contribution < 1.29 is 9.90 Å². The van der Waals surface area contributed by atoms with E-state index in [0.717, 1.165) is 28.6 Å². The summed E-state index contributed by atoms with van der Waals surface area (Å²) >= 11 is 0. The highest BCUT2D eigenvalue weighted by Crippen LogP contribution is 2.29. The SMILES string of the molecule is Cc1cc2c(CCN)c(C)n(CCN)c2cc1C(=O)O. The maximum absolute atomic E-state index is 11.3. The Kier molecular flexibility index (Phi) is 4.11. The fourth-order valence-corrected chi connectivity index (χ4v) is 2.81. The van der Waals surface area contributed by atoms with Crippen LogP contribution in [0.4, 0.5) is 0 Å². The Labute approximate surface area is 118 Å². The van der Waals surface area contributed by atoms with Crippen molar-refractivity contribution in [1.29, 1.82) is 0 Å². The Morgan fingerprint density at radius 3 is 2.50 bits per heavy atom. The smallest absolute Gasteiger partial charge is 0.336 e. The quantitative estimate of drug-likeness (QED) is 0.769. The number of carbonyl (C=O) groups is 1. The van der Waals surface area contributed by atoms with Crippen molar-refractivity contribution in [2.75, 3.05) is 13.1 Å². The number of aromatic carboxylic acids is 1. The van der Waals surface area contributed by atoms with Crippen molar-refractivity contribution >= 4 is 16.9 Å². The van der Waals surface area contributed by atoms with Gasteiger partial charge in [0, 0.05) is 29.7 Å². The molecule has 0 aliphatic carbocycles. The van der Waals surface area contributed by atoms with E-state index in [-0.39, 0.29) is 0 Å². The summed E-state index contributed by atoms with van der Waals surface area (Å²) in [5, 5.41) is 10.4. The summed E-state index contributed by atoms with van der Waals surface area (Å²) in [7, 11) is 0. The first-order valence-corrected chi connectivity index (χ1v) is 6.77. The molecule has 1 aromatic heterocycles. The van der Waals surface area contributed by atoms with Crippen LogP contribution >= 0.6 is 0 Å². The lowest BCUT2D eigenvalue weighted by Crippen LogP contribution is -2.12. The molecular formula is C15H21N3O2. The highest BCUT2D eigenvalue weighted by Gasteiger charge is 2.17. The molecule has 5 nitrogen and oxygen atoms in total. The van der Waals surface area contributed by atoms with E-state index in [9.17, 15) is 9.90 Å². The van der Waals surface area contributed by atoms with Crippen molar-refractivity contribution in [1.82, 2.24) is 4.57 Å². The van der Waals surface area contributed by atoms with Crippen LogP contribution in [0, 0.1) is 13.8 Å². The number of aromatic nitrogens is 1. The number of hydrogen-bond acceptors (Lipinski definition) is 3. The van der Waals surface area contributed by atoms with E-state index in [4.69, 9.17) is 11.5 Å². The molecule has 0 amide bonds. The van der Waals surface area contributed by atoms with Gasteiger partial charge in [0.2, 0.25) is 0 Å². The number of rotatable bonds is 5. The fraction of sp³-hybridized carbons (Fsp3) is 0.400. The third-order valence-electron chi connectivity index (χ3n) is 3.78. The zero-order chi connectivity index (χ0) is 14.9. The number of benzene rings is 1. The van der Waals surface area contributed by atoms with E-state index < -0.39 is 5.97 Å². The summed E-state index contributed by atoms with van der Waals surface area (Å²) in [6, 6.07) is 3.69. The summed E-state index contributed by atoms with van der Waals surface area (Å²) in [4.78, 5) is 11.3. The van der Waals surface area contributed by atoms with Gasteiger partial charge in [-0.15, -0.1) is 0 Å². The average molecular weight is 275 g/mol. The van der Waals surface area contributed by atoms with Crippen LogP contribution in [0.1, 0.15) is 27.2 Å². The first kappa shape index (κ1) is 14.6. The number of fused-ring (bicyclic) bond motifs is 1. The van der Waals surface area contributed by atoms with Crippen LogP contribution in [0.2, 0.25) is 0 Å². The molecule has 0 aliphatic heterocycles. The molecule has 0 fully saturated rings. The van der Waals surface area contributed by atoms with Gasteiger partial charge in [0.15, 0.2) is 0 Å². The lowest BCUT2D eigenvalue weighted by Gasteiger charge is -2.07. The fourth-order valence-electron chi connectivity index (χ4n) is 2.81. The van der Waals surface area contributed by atoms with Gasteiger partial charge in [-0.2, -0.15) is 0 Å². The predicted octanol–water partition coefficient (Wildman–Crippen LogP) is 1.42. The summed E-state index contributed by atoms with van der Waals surface area (Å²) in [5.74, 6) is -0.900. The molecular weight excluding hydrogens is 254 g/mol. The third kappa shape index (κ3) is 2.30. The maximum Gasteiger partial charge on any atom is 0.336 e. The van der Waals surface area contributed by atoms with Crippen LogP contribution in [0.25, 0.3) is 10.9 Å². The molecule has 0 saturated heterocycles. The number of nitrogens with zero attached hydrogens (tertiary/aromatic N) is 1. The zero-order valence-corrected chi connectivity index (χ0v) is 11.9. The highest BCUT2D eigenvalue weighted by molar-refractivity contribution is 5.97. The predicted molar refractivity (Wildman–Crippen MR) is 80.2 cm³/mol. The summed E-state index contributed by atoms with van der Waals surface area (Å²) in [5.41, 5.74) is 15.7. The second kappa shape index (κ2) is 5.64. The van der Waals surface area contributed by atoms with E-state index in [0.29, 0.717) is 25.2 Å². The number of carboxylic acids is 1. The molecule has 2 aromatic rings. The van der Waals surface area contributed by atoms with Gasteiger partial charge < -0.3 is 21.1 Å². The Morgan fingerprint density at radius 2 is 1.95 bits per heavy atom. The molecule has 0 radical (unpaired) electrons. The van der Waals surface area contributed by atoms with E-state index in [1.165, 1.54) is 5.56 Å². The van der Waals surface area contributed by atoms with Crippen molar-refractivity contribution in [3.8, 4) is 0 Å². The van der Waals surface area contributed by atoms with E-state index in [1.54, 1.807) is 6.07 Å². The van der Waals surface area contributed by atoms with Gasteiger partial charge in [0.1, 0.15) is 0 Å². The van der Waals surface area contributed by atoms with Crippen LogP contribution in [0.15, 0.2) is 12.1 Å². The van der Waals surface area contributed by atoms with Gasteiger partial charge >= 0.3 is 5.97 Å². The number of nitrogens with two attached hydrogens (primary N) is 2. The number of aryl methyl sites for hydroxylation is 1. The molecule has 1 heterocycles. The molecule has 2 rings (SSSR count). The third-order valence-corrected chi connectivity index (χ3v) is 3.78. The molecule has 0 atom stereocenters. The van der Waals surface area contributed by atoms with Gasteiger partial charge in [-0.05, 0) is 50.1 Å². The zero-order valence-electron chi connectivity index (χ0n) is 11.9. The Morgan fingerprint density at radius 1 is 1.25 bits per heavy atom. The molecule has 0 unspecified atom stereocenters. The van der Waals surface area contributed by atoms with Crippen molar-refractivity contribution in [2.24, 2.45) is 11.5 Å².